The summed E-state index contributed by atoms with van der Waals surface area (Å²) in [7, 11) is 0. The number of halogens is 1. The predicted molar refractivity (Wildman–Crippen MR) is 84.7 cm³/mol. The molecule has 0 spiro atoms. The quantitative estimate of drug-likeness (QED) is 0.715. The number of hydrogen-bond acceptors (Lipinski definition) is 3. The molecule has 1 fully saturated rings. The van der Waals surface area contributed by atoms with Crippen molar-refractivity contribution >= 4 is 23.4 Å². The number of nitrogens with one attached hydrogen (secondary N) is 2. The second-order valence-corrected chi connectivity index (χ2v) is 6.10. The van der Waals surface area contributed by atoms with Gasteiger partial charge < -0.3 is 15.7 Å². The van der Waals surface area contributed by atoms with Crippen LogP contribution in [0.2, 0.25) is 5.02 Å². The van der Waals surface area contributed by atoms with Crippen LogP contribution in [0.4, 0.5) is 0 Å². The molecule has 0 heterocycles. The fourth-order valence-corrected chi connectivity index (χ4v) is 2.44. The predicted octanol–water partition coefficient (Wildman–Crippen LogP) is 1.74. The summed E-state index contributed by atoms with van der Waals surface area (Å²) < 4.78 is 0. The molecule has 2 amide bonds. The lowest BCUT2D eigenvalue weighted by Gasteiger charge is -2.20. The number of benzene rings is 1. The number of carbonyl (C=O) groups is 2. The SMILES string of the molecule is CC(NC(=O)c1ccc(Cl)cc1)C(=O)NC(CCO)C1CC1. The Morgan fingerprint density at radius 2 is 1.91 bits per heavy atom. The number of aliphatic hydroxyl groups is 1. The second-order valence-electron chi connectivity index (χ2n) is 5.67. The van der Waals surface area contributed by atoms with E-state index in [9.17, 15) is 9.59 Å². The van der Waals surface area contributed by atoms with Gasteiger partial charge in [-0.05, 0) is 56.4 Å². The molecule has 5 nitrogen and oxygen atoms in total. The fourth-order valence-electron chi connectivity index (χ4n) is 2.32. The zero-order valence-electron chi connectivity index (χ0n) is 12.5. The molecule has 0 radical (unpaired) electrons. The first-order valence-corrected chi connectivity index (χ1v) is 7.86. The molecule has 0 aromatic heterocycles. The van der Waals surface area contributed by atoms with Crippen molar-refractivity contribution < 1.29 is 14.7 Å². The highest BCUT2D eigenvalue weighted by atomic mass is 35.5. The topological polar surface area (TPSA) is 78.4 Å². The summed E-state index contributed by atoms with van der Waals surface area (Å²) in [5.74, 6) is -0.0904. The molecule has 6 heteroatoms. The van der Waals surface area contributed by atoms with E-state index in [0.717, 1.165) is 12.8 Å². The minimum Gasteiger partial charge on any atom is -0.396 e. The number of amides is 2. The lowest BCUT2D eigenvalue weighted by Crippen LogP contribution is -2.48. The summed E-state index contributed by atoms with van der Waals surface area (Å²) in [6, 6.07) is 5.84. The van der Waals surface area contributed by atoms with Gasteiger partial charge in [-0.3, -0.25) is 9.59 Å². The molecule has 1 aliphatic rings. The molecule has 1 aliphatic carbocycles. The number of rotatable bonds is 7. The smallest absolute Gasteiger partial charge is 0.251 e. The Kier molecular flexibility index (Phi) is 5.80. The van der Waals surface area contributed by atoms with E-state index < -0.39 is 6.04 Å². The molecule has 0 bridgehead atoms. The molecule has 2 atom stereocenters. The van der Waals surface area contributed by atoms with Crippen LogP contribution < -0.4 is 10.6 Å². The van der Waals surface area contributed by atoms with Crippen molar-refractivity contribution in [3.63, 3.8) is 0 Å². The monoisotopic (exact) mass is 324 g/mol. The summed E-state index contributed by atoms with van der Waals surface area (Å²) in [4.78, 5) is 24.2. The second kappa shape index (κ2) is 7.61. The lowest BCUT2D eigenvalue weighted by molar-refractivity contribution is -0.123. The average molecular weight is 325 g/mol. The van der Waals surface area contributed by atoms with Crippen LogP contribution in [0, 0.1) is 5.92 Å². The summed E-state index contributed by atoms with van der Waals surface area (Å²) in [6.07, 6.45) is 2.71. The minimum absolute atomic E-state index is 0.00705. The van der Waals surface area contributed by atoms with Gasteiger partial charge in [0.1, 0.15) is 6.04 Å². The zero-order valence-corrected chi connectivity index (χ0v) is 13.3. The van der Waals surface area contributed by atoms with E-state index in [4.69, 9.17) is 16.7 Å². The first kappa shape index (κ1) is 16.8. The Labute approximate surface area is 135 Å². The van der Waals surface area contributed by atoms with E-state index in [1.165, 1.54) is 0 Å². The van der Waals surface area contributed by atoms with E-state index in [1.54, 1.807) is 31.2 Å². The van der Waals surface area contributed by atoms with Crippen molar-refractivity contribution in [3.8, 4) is 0 Å². The zero-order chi connectivity index (χ0) is 16.1. The molecule has 120 valence electrons. The Hall–Kier alpha value is -1.59. The number of aliphatic hydroxyl groups excluding tert-OH is 1. The van der Waals surface area contributed by atoms with Gasteiger partial charge >= 0.3 is 0 Å². The van der Waals surface area contributed by atoms with Crippen LogP contribution >= 0.6 is 11.6 Å². The first-order chi connectivity index (χ1) is 10.5. The van der Waals surface area contributed by atoms with Gasteiger partial charge in [-0.25, -0.2) is 0 Å². The fraction of sp³-hybridized carbons (Fsp3) is 0.500. The van der Waals surface area contributed by atoms with Crippen molar-refractivity contribution in [1.82, 2.24) is 10.6 Å². The van der Waals surface area contributed by atoms with Crippen LogP contribution in [0.5, 0.6) is 0 Å². The van der Waals surface area contributed by atoms with Gasteiger partial charge in [-0.15, -0.1) is 0 Å². The highest BCUT2D eigenvalue weighted by Crippen LogP contribution is 2.33. The van der Waals surface area contributed by atoms with E-state index in [2.05, 4.69) is 10.6 Å². The van der Waals surface area contributed by atoms with Crippen molar-refractivity contribution in [2.75, 3.05) is 6.61 Å². The number of hydrogen-bond donors (Lipinski definition) is 3. The van der Waals surface area contributed by atoms with Gasteiger partial charge in [0.05, 0.1) is 0 Å². The molecule has 0 saturated heterocycles. The summed E-state index contributed by atoms with van der Waals surface area (Å²) in [6.45, 7) is 1.69. The van der Waals surface area contributed by atoms with Crippen molar-refractivity contribution in [2.24, 2.45) is 5.92 Å². The minimum atomic E-state index is -0.636. The normalized spacial score (nSPS) is 16.7. The third-order valence-corrected chi connectivity index (χ3v) is 4.06. The van der Waals surface area contributed by atoms with Crippen LogP contribution in [0.15, 0.2) is 24.3 Å². The molecule has 2 rings (SSSR count). The van der Waals surface area contributed by atoms with Crippen molar-refractivity contribution in [3.05, 3.63) is 34.9 Å². The number of carbonyl (C=O) groups excluding carboxylic acids is 2. The Morgan fingerprint density at radius 1 is 1.27 bits per heavy atom. The third-order valence-electron chi connectivity index (χ3n) is 3.81. The Bertz CT molecular complexity index is 529. The molecule has 22 heavy (non-hydrogen) atoms. The summed E-state index contributed by atoms with van der Waals surface area (Å²) in [5, 5.41) is 15.2. The molecule has 1 saturated carbocycles. The highest BCUT2D eigenvalue weighted by Gasteiger charge is 2.32. The van der Waals surface area contributed by atoms with E-state index in [0.29, 0.717) is 22.9 Å². The first-order valence-electron chi connectivity index (χ1n) is 7.49. The summed E-state index contributed by atoms with van der Waals surface area (Å²) >= 11 is 5.78. The lowest BCUT2D eigenvalue weighted by atomic mass is 10.1. The van der Waals surface area contributed by atoms with Crippen molar-refractivity contribution in [1.29, 1.82) is 0 Å². The van der Waals surface area contributed by atoms with Gasteiger partial charge in [0.15, 0.2) is 0 Å². The van der Waals surface area contributed by atoms with Crippen LogP contribution in [0.3, 0.4) is 0 Å². The molecule has 3 N–H and O–H groups in total. The van der Waals surface area contributed by atoms with Gasteiger partial charge in [0.25, 0.3) is 5.91 Å². The van der Waals surface area contributed by atoms with E-state index in [1.807, 2.05) is 0 Å². The molecule has 2 unspecified atom stereocenters. The van der Waals surface area contributed by atoms with E-state index in [-0.39, 0.29) is 24.5 Å². The maximum absolute atomic E-state index is 12.2. The van der Waals surface area contributed by atoms with Gasteiger partial charge in [0.2, 0.25) is 5.91 Å². The highest BCUT2D eigenvalue weighted by molar-refractivity contribution is 6.30. The molecule has 1 aromatic rings. The van der Waals surface area contributed by atoms with Crippen LogP contribution in [-0.2, 0) is 4.79 Å². The van der Waals surface area contributed by atoms with Crippen LogP contribution in [0.25, 0.3) is 0 Å². The molecule has 1 aromatic carbocycles. The maximum Gasteiger partial charge on any atom is 0.251 e. The van der Waals surface area contributed by atoms with Gasteiger partial charge in [-0.1, -0.05) is 11.6 Å². The average Bonchev–Trinajstić information content (AvgIpc) is 3.31. The molecule has 0 aliphatic heterocycles. The molecular weight excluding hydrogens is 304 g/mol. The third kappa shape index (κ3) is 4.71. The standard InChI is InChI=1S/C16H21ClN2O3/c1-10(15(21)19-14(8-9-20)11-2-3-11)18-16(22)12-4-6-13(17)7-5-12/h4-7,10-11,14,20H,2-3,8-9H2,1H3,(H,18,22)(H,19,21). The molecular formula is C16H21ClN2O3. The maximum atomic E-state index is 12.2. The Balaban J connectivity index is 1.87. The summed E-state index contributed by atoms with van der Waals surface area (Å²) in [5.41, 5.74) is 0.457. The van der Waals surface area contributed by atoms with Gasteiger partial charge in [0, 0.05) is 23.2 Å². The largest absolute Gasteiger partial charge is 0.396 e. The van der Waals surface area contributed by atoms with Crippen molar-refractivity contribution in [2.45, 2.75) is 38.3 Å². The van der Waals surface area contributed by atoms with Crippen LogP contribution in [0.1, 0.15) is 36.5 Å². The van der Waals surface area contributed by atoms with E-state index >= 15 is 0 Å². The Morgan fingerprint density at radius 3 is 2.45 bits per heavy atom. The van der Waals surface area contributed by atoms with Gasteiger partial charge in [-0.2, -0.15) is 0 Å². The van der Waals surface area contributed by atoms with Crippen LogP contribution in [-0.4, -0.2) is 35.6 Å².